The van der Waals surface area contributed by atoms with Crippen molar-refractivity contribution in [2.24, 2.45) is 0 Å². The second kappa shape index (κ2) is 5.03. The number of carbonyl (C=O) groups is 2. The Bertz CT molecular complexity index is 486. The van der Waals surface area contributed by atoms with Crippen molar-refractivity contribution >= 4 is 11.8 Å². The van der Waals surface area contributed by atoms with Gasteiger partial charge in [0.05, 0.1) is 0 Å². The quantitative estimate of drug-likeness (QED) is 0.898. The van der Waals surface area contributed by atoms with E-state index in [0.29, 0.717) is 6.42 Å². The van der Waals surface area contributed by atoms with Crippen molar-refractivity contribution in [3.8, 4) is 0 Å². The van der Waals surface area contributed by atoms with Crippen molar-refractivity contribution < 1.29 is 9.59 Å². The predicted octanol–water partition coefficient (Wildman–Crippen LogP) is 1.66. The number of piperazine rings is 1. The molecule has 0 aliphatic carbocycles. The highest BCUT2D eigenvalue weighted by Crippen LogP contribution is 2.28. The Morgan fingerprint density at radius 1 is 1.26 bits per heavy atom. The van der Waals surface area contributed by atoms with Gasteiger partial charge in [-0.2, -0.15) is 0 Å². The van der Waals surface area contributed by atoms with Gasteiger partial charge in [0.15, 0.2) is 0 Å². The van der Waals surface area contributed by atoms with Crippen LogP contribution < -0.4 is 5.32 Å². The van der Waals surface area contributed by atoms with E-state index in [4.69, 9.17) is 0 Å². The molecule has 102 valence electrons. The molecule has 0 saturated carbocycles. The highest BCUT2D eigenvalue weighted by atomic mass is 16.2. The molecule has 1 aliphatic heterocycles. The minimum atomic E-state index is -0.961. The molecule has 1 aromatic carbocycles. The van der Waals surface area contributed by atoms with Crippen molar-refractivity contribution in [2.75, 3.05) is 7.05 Å². The number of hydrogen-bond donors (Lipinski definition) is 1. The third kappa shape index (κ3) is 2.23. The van der Waals surface area contributed by atoms with Crippen LogP contribution in [0, 0.1) is 0 Å². The van der Waals surface area contributed by atoms with Gasteiger partial charge in [-0.15, -0.1) is 0 Å². The van der Waals surface area contributed by atoms with Gasteiger partial charge in [0, 0.05) is 7.05 Å². The van der Waals surface area contributed by atoms with Crippen LogP contribution in [-0.2, 0) is 15.1 Å². The molecule has 0 spiro atoms. The summed E-state index contributed by atoms with van der Waals surface area (Å²) < 4.78 is 0. The van der Waals surface area contributed by atoms with Crippen molar-refractivity contribution in [1.82, 2.24) is 10.2 Å². The molecule has 0 radical (unpaired) electrons. The van der Waals surface area contributed by atoms with E-state index in [1.54, 1.807) is 18.9 Å². The smallest absolute Gasteiger partial charge is 0.253 e. The third-order valence-corrected chi connectivity index (χ3v) is 3.80. The fraction of sp³-hybridized carbons (Fsp3) is 0.467. The fourth-order valence-corrected chi connectivity index (χ4v) is 2.62. The first kappa shape index (κ1) is 13.6. The van der Waals surface area contributed by atoms with Crippen LogP contribution in [0.4, 0.5) is 0 Å². The molecule has 1 heterocycles. The van der Waals surface area contributed by atoms with Crippen molar-refractivity contribution in [3.63, 3.8) is 0 Å². The van der Waals surface area contributed by atoms with Crippen LogP contribution in [0.15, 0.2) is 30.3 Å². The first-order valence-corrected chi connectivity index (χ1v) is 6.65. The molecule has 1 saturated heterocycles. The standard InChI is InChI=1S/C15H20N2O2/c1-4-8-12-13(18)16-15(2,14(19)17(12)3)11-9-6-5-7-10-11/h5-7,9-10,12H,4,8H2,1-3H3,(H,16,18). The van der Waals surface area contributed by atoms with E-state index in [1.165, 1.54) is 0 Å². The average molecular weight is 260 g/mol. The molecule has 4 nitrogen and oxygen atoms in total. The Hall–Kier alpha value is -1.84. The summed E-state index contributed by atoms with van der Waals surface area (Å²) >= 11 is 0. The van der Waals surface area contributed by atoms with Gasteiger partial charge in [-0.25, -0.2) is 0 Å². The summed E-state index contributed by atoms with van der Waals surface area (Å²) in [6.07, 6.45) is 1.57. The van der Waals surface area contributed by atoms with Crippen LogP contribution in [0.2, 0.25) is 0 Å². The van der Waals surface area contributed by atoms with Crippen molar-refractivity contribution in [3.05, 3.63) is 35.9 Å². The lowest BCUT2D eigenvalue weighted by Crippen LogP contribution is -2.66. The average Bonchev–Trinajstić information content (AvgIpc) is 2.42. The number of likely N-dealkylation sites (N-methyl/N-ethyl adjacent to an activating group) is 1. The Kier molecular flexibility index (Phi) is 3.60. The van der Waals surface area contributed by atoms with Crippen molar-refractivity contribution in [2.45, 2.75) is 38.3 Å². The summed E-state index contributed by atoms with van der Waals surface area (Å²) in [6, 6.07) is 9.02. The molecule has 2 rings (SSSR count). The van der Waals surface area contributed by atoms with Gasteiger partial charge in [0.1, 0.15) is 11.6 Å². The van der Waals surface area contributed by atoms with Crippen molar-refractivity contribution in [1.29, 1.82) is 0 Å². The molecule has 1 fully saturated rings. The van der Waals surface area contributed by atoms with Gasteiger partial charge in [-0.1, -0.05) is 43.7 Å². The lowest BCUT2D eigenvalue weighted by Gasteiger charge is -2.43. The molecule has 1 N–H and O–H groups in total. The molecule has 0 bridgehead atoms. The summed E-state index contributed by atoms with van der Waals surface area (Å²) in [4.78, 5) is 26.4. The van der Waals surface area contributed by atoms with E-state index in [9.17, 15) is 9.59 Å². The zero-order valence-corrected chi connectivity index (χ0v) is 11.6. The summed E-state index contributed by atoms with van der Waals surface area (Å²) in [5.74, 6) is -0.132. The molecule has 4 heteroatoms. The number of hydrogen-bond acceptors (Lipinski definition) is 2. The van der Waals surface area contributed by atoms with Gasteiger partial charge in [-0.05, 0) is 18.9 Å². The SMILES string of the molecule is CCCC1C(=O)NC(C)(c2ccccc2)C(=O)N1C. The van der Waals surface area contributed by atoms with E-state index < -0.39 is 5.54 Å². The molecular weight excluding hydrogens is 240 g/mol. The van der Waals surface area contributed by atoms with Crippen LogP contribution in [-0.4, -0.2) is 29.8 Å². The first-order chi connectivity index (χ1) is 9.00. The highest BCUT2D eigenvalue weighted by molar-refractivity contribution is 6.00. The molecule has 0 aromatic heterocycles. The Balaban J connectivity index is 2.35. The summed E-state index contributed by atoms with van der Waals surface area (Å²) in [5.41, 5.74) is -0.146. The van der Waals surface area contributed by atoms with Gasteiger partial charge in [0.2, 0.25) is 5.91 Å². The third-order valence-electron chi connectivity index (χ3n) is 3.80. The minimum Gasteiger partial charge on any atom is -0.336 e. The highest BCUT2D eigenvalue weighted by Gasteiger charge is 2.47. The van der Waals surface area contributed by atoms with Crippen LogP contribution >= 0.6 is 0 Å². The number of rotatable bonds is 3. The van der Waals surface area contributed by atoms with Crippen LogP contribution in [0.25, 0.3) is 0 Å². The van der Waals surface area contributed by atoms with Crippen LogP contribution in [0.1, 0.15) is 32.3 Å². The number of carbonyl (C=O) groups excluding carboxylic acids is 2. The van der Waals surface area contributed by atoms with Crippen LogP contribution in [0.5, 0.6) is 0 Å². The zero-order chi connectivity index (χ0) is 14.0. The molecule has 1 aliphatic rings. The lowest BCUT2D eigenvalue weighted by molar-refractivity contribution is -0.153. The summed E-state index contributed by atoms with van der Waals surface area (Å²) in [6.45, 7) is 3.78. The topological polar surface area (TPSA) is 49.4 Å². The minimum absolute atomic E-state index is 0.0586. The van der Waals surface area contributed by atoms with Gasteiger partial charge in [-0.3, -0.25) is 9.59 Å². The molecular formula is C15H20N2O2. The molecule has 2 unspecified atom stereocenters. The van der Waals surface area contributed by atoms with Gasteiger partial charge >= 0.3 is 0 Å². The predicted molar refractivity (Wildman–Crippen MR) is 73.4 cm³/mol. The maximum atomic E-state index is 12.6. The molecule has 2 amide bonds. The number of amides is 2. The molecule has 2 atom stereocenters. The summed E-state index contributed by atoms with van der Waals surface area (Å²) in [7, 11) is 1.71. The van der Waals surface area contributed by atoms with E-state index in [2.05, 4.69) is 5.32 Å². The van der Waals surface area contributed by atoms with E-state index in [0.717, 1.165) is 12.0 Å². The van der Waals surface area contributed by atoms with Gasteiger partial charge < -0.3 is 10.2 Å². The second-order valence-electron chi connectivity index (χ2n) is 5.20. The monoisotopic (exact) mass is 260 g/mol. The normalized spacial score (nSPS) is 27.3. The van der Waals surface area contributed by atoms with Crippen LogP contribution in [0.3, 0.4) is 0 Å². The maximum absolute atomic E-state index is 12.6. The largest absolute Gasteiger partial charge is 0.336 e. The summed E-state index contributed by atoms with van der Waals surface area (Å²) in [5, 5.41) is 2.89. The first-order valence-electron chi connectivity index (χ1n) is 6.65. The number of nitrogens with zero attached hydrogens (tertiary/aromatic N) is 1. The van der Waals surface area contributed by atoms with Gasteiger partial charge in [0.25, 0.3) is 5.91 Å². The zero-order valence-electron chi connectivity index (χ0n) is 11.6. The Morgan fingerprint density at radius 3 is 2.47 bits per heavy atom. The van der Waals surface area contributed by atoms with E-state index >= 15 is 0 Å². The van der Waals surface area contributed by atoms with E-state index in [1.807, 2.05) is 37.3 Å². The second-order valence-corrected chi connectivity index (χ2v) is 5.20. The molecule has 19 heavy (non-hydrogen) atoms. The Morgan fingerprint density at radius 2 is 1.89 bits per heavy atom. The number of nitrogens with one attached hydrogen (secondary N) is 1. The maximum Gasteiger partial charge on any atom is 0.253 e. The number of benzene rings is 1. The molecule has 1 aromatic rings. The Labute approximate surface area is 113 Å². The fourth-order valence-electron chi connectivity index (χ4n) is 2.62. The lowest BCUT2D eigenvalue weighted by atomic mass is 9.86. The van der Waals surface area contributed by atoms with E-state index in [-0.39, 0.29) is 17.9 Å².